The lowest BCUT2D eigenvalue weighted by atomic mass is 10.1. The first-order chi connectivity index (χ1) is 11.5. The molecule has 1 amide bonds. The lowest BCUT2D eigenvalue weighted by Gasteiger charge is -2.15. The van der Waals surface area contributed by atoms with E-state index in [1.807, 2.05) is 37.6 Å². The third kappa shape index (κ3) is 2.94. The average molecular weight is 342 g/mol. The molecule has 0 spiro atoms. The lowest BCUT2D eigenvalue weighted by Crippen LogP contribution is -2.34. The monoisotopic (exact) mass is 342 g/mol. The van der Waals surface area contributed by atoms with Crippen molar-refractivity contribution in [1.29, 1.82) is 0 Å². The molecule has 0 saturated carbocycles. The number of amides is 1. The summed E-state index contributed by atoms with van der Waals surface area (Å²) in [5.74, 6) is -0.0509. The fourth-order valence-electron chi connectivity index (χ4n) is 2.93. The molecule has 0 fully saturated rings. The van der Waals surface area contributed by atoms with E-state index in [0.29, 0.717) is 5.56 Å². The minimum absolute atomic E-state index is 0.0509. The van der Waals surface area contributed by atoms with Crippen molar-refractivity contribution in [3.8, 4) is 10.6 Å². The molecule has 126 valence electrons. The number of nitrogens with one attached hydrogen (secondary N) is 1. The van der Waals surface area contributed by atoms with Crippen molar-refractivity contribution in [3.05, 3.63) is 34.8 Å². The maximum Gasteiger partial charge on any atom is 0.252 e. The van der Waals surface area contributed by atoms with Gasteiger partial charge in [-0.3, -0.25) is 9.48 Å². The molecule has 6 heteroatoms. The molecular weight excluding hydrogens is 320 g/mol. The summed E-state index contributed by atoms with van der Waals surface area (Å²) >= 11 is 1.62. The zero-order chi connectivity index (χ0) is 17.3. The summed E-state index contributed by atoms with van der Waals surface area (Å²) in [6, 6.07) is 6.08. The van der Waals surface area contributed by atoms with E-state index in [-0.39, 0.29) is 11.9 Å². The second kappa shape index (κ2) is 6.73. The van der Waals surface area contributed by atoms with Gasteiger partial charge in [0.2, 0.25) is 0 Å². The summed E-state index contributed by atoms with van der Waals surface area (Å²) in [4.78, 5) is 18.7. The maximum atomic E-state index is 12.9. The van der Waals surface area contributed by atoms with Crippen molar-refractivity contribution >= 4 is 28.3 Å². The first-order valence-corrected chi connectivity index (χ1v) is 9.12. The van der Waals surface area contributed by atoms with Gasteiger partial charge in [0.15, 0.2) is 5.65 Å². The zero-order valence-electron chi connectivity index (χ0n) is 14.5. The molecule has 0 aliphatic rings. The summed E-state index contributed by atoms with van der Waals surface area (Å²) in [7, 11) is 1.86. The van der Waals surface area contributed by atoms with E-state index in [1.165, 1.54) is 0 Å². The predicted molar refractivity (Wildman–Crippen MR) is 98.4 cm³/mol. The van der Waals surface area contributed by atoms with Crippen LogP contribution in [0.1, 0.15) is 42.7 Å². The number of aromatic nitrogens is 3. The van der Waals surface area contributed by atoms with Crippen LogP contribution in [0.5, 0.6) is 0 Å². The highest BCUT2D eigenvalue weighted by atomic mass is 32.1. The second-order valence-corrected chi connectivity index (χ2v) is 6.87. The fourth-order valence-corrected chi connectivity index (χ4v) is 3.62. The van der Waals surface area contributed by atoms with Gasteiger partial charge in [0, 0.05) is 13.1 Å². The fraction of sp³-hybridized carbons (Fsp3) is 0.389. The van der Waals surface area contributed by atoms with Crippen LogP contribution < -0.4 is 5.32 Å². The minimum atomic E-state index is -0.0509. The number of carbonyl (C=O) groups is 1. The van der Waals surface area contributed by atoms with Crippen molar-refractivity contribution in [2.75, 3.05) is 0 Å². The number of aryl methyl sites for hydroxylation is 2. The summed E-state index contributed by atoms with van der Waals surface area (Å²) in [5, 5.41) is 10.4. The van der Waals surface area contributed by atoms with Crippen molar-refractivity contribution in [3.63, 3.8) is 0 Å². The van der Waals surface area contributed by atoms with Crippen LogP contribution >= 0.6 is 11.3 Å². The first kappa shape index (κ1) is 16.6. The van der Waals surface area contributed by atoms with Gasteiger partial charge in [0.1, 0.15) is 0 Å². The molecule has 1 N–H and O–H groups in total. The average Bonchev–Trinajstić information content (AvgIpc) is 3.21. The molecule has 3 aromatic heterocycles. The molecular formula is C18H22N4OS. The van der Waals surface area contributed by atoms with Crippen LogP contribution in [0.3, 0.4) is 0 Å². The molecule has 0 radical (unpaired) electrons. The molecule has 0 saturated heterocycles. The van der Waals surface area contributed by atoms with Crippen LogP contribution in [0, 0.1) is 6.92 Å². The molecule has 0 bridgehead atoms. The van der Waals surface area contributed by atoms with Gasteiger partial charge in [-0.05, 0) is 37.3 Å². The summed E-state index contributed by atoms with van der Waals surface area (Å²) in [6.45, 7) is 6.09. The smallest absolute Gasteiger partial charge is 0.252 e. The number of pyridine rings is 1. The summed E-state index contributed by atoms with van der Waals surface area (Å²) < 4.78 is 1.75. The molecule has 0 aromatic carbocycles. The van der Waals surface area contributed by atoms with Gasteiger partial charge in [-0.25, -0.2) is 4.98 Å². The molecule has 24 heavy (non-hydrogen) atoms. The predicted octanol–water partition coefficient (Wildman–Crippen LogP) is 3.92. The Morgan fingerprint density at radius 2 is 2.12 bits per heavy atom. The van der Waals surface area contributed by atoms with Gasteiger partial charge < -0.3 is 5.32 Å². The molecule has 3 heterocycles. The Morgan fingerprint density at radius 3 is 2.75 bits per heavy atom. The van der Waals surface area contributed by atoms with Crippen molar-refractivity contribution in [2.45, 2.75) is 39.7 Å². The number of hydrogen-bond acceptors (Lipinski definition) is 4. The van der Waals surface area contributed by atoms with E-state index in [4.69, 9.17) is 4.98 Å². The Hall–Kier alpha value is -2.21. The molecule has 0 aliphatic carbocycles. The number of carbonyl (C=O) groups excluding carboxylic acids is 1. The van der Waals surface area contributed by atoms with E-state index in [0.717, 1.165) is 40.1 Å². The largest absolute Gasteiger partial charge is 0.349 e. The Bertz CT molecular complexity index is 863. The van der Waals surface area contributed by atoms with Gasteiger partial charge in [0.05, 0.1) is 27.2 Å². The Balaban J connectivity index is 2.15. The van der Waals surface area contributed by atoms with Crippen molar-refractivity contribution < 1.29 is 4.79 Å². The summed E-state index contributed by atoms with van der Waals surface area (Å²) in [5.41, 5.74) is 3.04. The standard InChI is InChI=1S/C18H22N4OS/c1-5-12(6-2)19-18(23)13-10-14(15-8-7-9-24-15)20-17-16(13)11(3)21-22(17)4/h7-10,12H,5-6H2,1-4H3,(H,19,23). The van der Waals surface area contributed by atoms with Gasteiger partial charge >= 0.3 is 0 Å². The normalized spacial score (nSPS) is 11.4. The van der Waals surface area contributed by atoms with Crippen LogP contribution in [-0.4, -0.2) is 26.7 Å². The molecule has 0 unspecified atom stereocenters. The van der Waals surface area contributed by atoms with Crippen molar-refractivity contribution in [1.82, 2.24) is 20.1 Å². The van der Waals surface area contributed by atoms with Crippen LogP contribution in [-0.2, 0) is 7.05 Å². The maximum absolute atomic E-state index is 12.9. The molecule has 5 nitrogen and oxygen atoms in total. The Kier molecular flexibility index (Phi) is 4.66. The zero-order valence-corrected chi connectivity index (χ0v) is 15.3. The van der Waals surface area contributed by atoms with E-state index in [9.17, 15) is 4.79 Å². The minimum Gasteiger partial charge on any atom is -0.349 e. The SMILES string of the molecule is CCC(CC)NC(=O)c1cc(-c2cccs2)nc2c1c(C)nn2C. The van der Waals surface area contributed by atoms with E-state index in [1.54, 1.807) is 16.0 Å². The van der Waals surface area contributed by atoms with Crippen LogP contribution in [0.25, 0.3) is 21.6 Å². The van der Waals surface area contributed by atoms with Gasteiger partial charge in [-0.15, -0.1) is 11.3 Å². The first-order valence-electron chi connectivity index (χ1n) is 8.24. The van der Waals surface area contributed by atoms with E-state index >= 15 is 0 Å². The molecule has 0 atom stereocenters. The third-order valence-electron chi connectivity index (χ3n) is 4.31. The highest BCUT2D eigenvalue weighted by Crippen LogP contribution is 2.29. The highest BCUT2D eigenvalue weighted by Gasteiger charge is 2.20. The highest BCUT2D eigenvalue weighted by molar-refractivity contribution is 7.13. The topological polar surface area (TPSA) is 59.8 Å². The van der Waals surface area contributed by atoms with E-state index in [2.05, 4.69) is 24.3 Å². The number of thiophene rings is 1. The number of hydrogen-bond donors (Lipinski definition) is 1. The molecule has 0 aliphatic heterocycles. The van der Waals surface area contributed by atoms with Crippen molar-refractivity contribution in [2.24, 2.45) is 7.05 Å². The number of fused-ring (bicyclic) bond motifs is 1. The molecule has 3 aromatic rings. The van der Waals surface area contributed by atoms with Gasteiger partial charge in [0.25, 0.3) is 5.91 Å². The third-order valence-corrected chi connectivity index (χ3v) is 5.20. The van der Waals surface area contributed by atoms with Crippen LogP contribution in [0.15, 0.2) is 23.6 Å². The Labute approximate surface area is 145 Å². The number of nitrogens with zero attached hydrogens (tertiary/aromatic N) is 3. The second-order valence-electron chi connectivity index (χ2n) is 5.93. The van der Waals surface area contributed by atoms with E-state index < -0.39 is 0 Å². The van der Waals surface area contributed by atoms with Gasteiger partial charge in [-0.2, -0.15) is 5.10 Å². The quantitative estimate of drug-likeness (QED) is 0.764. The lowest BCUT2D eigenvalue weighted by molar-refractivity contribution is 0.0936. The van der Waals surface area contributed by atoms with Gasteiger partial charge in [-0.1, -0.05) is 19.9 Å². The van der Waals surface area contributed by atoms with Crippen LogP contribution in [0.2, 0.25) is 0 Å². The molecule has 3 rings (SSSR count). The van der Waals surface area contributed by atoms with Crippen LogP contribution in [0.4, 0.5) is 0 Å². The summed E-state index contributed by atoms with van der Waals surface area (Å²) in [6.07, 6.45) is 1.83. The Morgan fingerprint density at radius 1 is 1.38 bits per heavy atom. The number of rotatable bonds is 5.